The summed E-state index contributed by atoms with van der Waals surface area (Å²) in [5.41, 5.74) is 2.47. The molecule has 0 aromatic carbocycles. The topological polar surface area (TPSA) is 29.9 Å². The van der Waals surface area contributed by atoms with Gasteiger partial charge in [-0.05, 0) is 26.2 Å². The Bertz CT molecular complexity index is 339. The van der Waals surface area contributed by atoms with Crippen molar-refractivity contribution in [3.8, 4) is 0 Å². The van der Waals surface area contributed by atoms with Crippen LogP contribution >= 0.6 is 0 Å². The zero-order valence-corrected chi connectivity index (χ0v) is 10.7. The van der Waals surface area contributed by atoms with E-state index in [-0.39, 0.29) is 0 Å². The summed E-state index contributed by atoms with van der Waals surface area (Å²) in [7, 11) is 1.98. The molecule has 3 nitrogen and oxygen atoms in total. The van der Waals surface area contributed by atoms with Gasteiger partial charge in [0.15, 0.2) is 0 Å². The molecule has 1 N–H and O–H groups in total. The summed E-state index contributed by atoms with van der Waals surface area (Å²) in [6.45, 7) is 5.32. The van der Waals surface area contributed by atoms with Gasteiger partial charge in [0.2, 0.25) is 0 Å². The van der Waals surface area contributed by atoms with Gasteiger partial charge in [-0.3, -0.25) is 4.68 Å². The van der Waals surface area contributed by atoms with E-state index in [4.69, 9.17) is 0 Å². The zero-order valence-electron chi connectivity index (χ0n) is 10.7. The molecule has 1 fully saturated rings. The molecule has 1 atom stereocenters. The Morgan fingerprint density at radius 2 is 2.31 bits per heavy atom. The van der Waals surface area contributed by atoms with Crippen LogP contribution in [0.4, 0.5) is 0 Å². The second-order valence-corrected chi connectivity index (χ2v) is 5.23. The van der Waals surface area contributed by atoms with E-state index in [0.717, 1.165) is 18.2 Å². The molecule has 0 radical (unpaired) electrons. The van der Waals surface area contributed by atoms with E-state index in [2.05, 4.69) is 30.5 Å². The van der Waals surface area contributed by atoms with Crippen molar-refractivity contribution in [1.82, 2.24) is 15.1 Å². The van der Waals surface area contributed by atoms with Crippen molar-refractivity contribution < 1.29 is 0 Å². The molecule has 0 amide bonds. The number of aromatic nitrogens is 2. The van der Waals surface area contributed by atoms with Crippen molar-refractivity contribution in [1.29, 1.82) is 0 Å². The fourth-order valence-electron chi connectivity index (χ4n) is 2.42. The summed E-state index contributed by atoms with van der Waals surface area (Å²) in [6, 6.07) is 0.630. The fourth-order valence-corrected chi connectivity index (χ4v) is 2.42. The highest BCUT2D eigenvalue weighted by molar-refractivity contribution is 5.14. The van der Waals surface area contributed by atoms with Crippen LogP contribution in [0.1, 0.15) is 43.9 Å². The Hall–Kier alpha value is -0.830. The average molecular weight is 221 g/mol. The Kier molecular flexibility index (Phi) is 3.64. The van der Waals surface area contributed by atoms with Gasteiger partial charge in [0, 0.05) is 31.4 Å². The van der Waals surface area contributed by atoms with Crippen LogP contribution in [0.15, 0.2) is 6.20 Å². The van der Waals surface area contributed by atoms with Gasteiger partial charge < -0.3 is 5.32 Å². The first-order valence-electron chi connectivity index (χ1n) is 6.37. The van der Waals surface area contributed by atoms with Crippen molar-refractivity contribution in [3.63, 3.8) is 0 Å². The van der Waals surface area contributed by atoms with Crippen LogP contribution in [0.3, 0.4) is 0 Å². The van der Waals surface area contributed by atoms with Gasteiger partial charge in [0.25, 0.3) is 0 Å². The molecule has 90 valence electrons. The lowest BCUT2D eigenvalue weighted by molar-refractivity contribution is 0.265. The van der Waals surface area contributed by atoms with E-state index in [0.29, 0.717) is 6.04 Å². The van der Waals surface area contributed by atoms with Crippen LogP contribution in [0.2, 0.25) is 0 Å². The van der Waals surface area contributed by atoms with Crippen LogP contribution in [0.5, 0.6) is 0 Å². The second-order valence-electron chi connectivity index (χ2n) is 5.23. The van der Waals surface area contributed by atoms with E-state index < -0.39 is 0 Å². The van der Waals surface area contributed by atoms with E-state index >= 15 is 0 Å². The van der Waals surface area contributed by atoms with E-state index in [9.17, 15) is 0 Å². The first kappa shape index (κ1) is 11.6. The maximum Gasteiger partial charge on any atom is 0.0638 e. The lowest BCUT2D eigenvalue weighted by atomic mass is 9.81. The fraction of sp³-hybridized carbons (Fsp3) is 0.769. The van der Waals surface area contributed by atoms with Crippen molar-refractivity contribution >= 4 is 0 Å². The monoisotopic (exact) mass is 221 g/mol. The molecule has 2 rings (SSSR count). The first-order valence-corrected chi connectivity index (χ1v) is 6.37. The predicted molar refractivity (Wildman–Crippen MR) is 66.2 cm³/mol. The number of hydrogen-bond donors (Lipinski definition) is 1. The molecule has 1 saturated carbocycles. The minimum atomic E-state index is 0.630. The summed E-state index contributed by atoms with van der Waals surface area (Å²) >= 11 is 0. The van der Waals surface area contributed by atoms with Crippen molar-refractivity contribution in [2.45, 2.75) is 52.1 Å². The Balaban J connectivity index is 1.75. The Morgan fingerprint density at radius 1 is 1.56 bits per heavy atom. The van der Waals surface area contributed by atoms with Crippen molar-refractivity contribution in [3.05, 3.63) is 17.5 Å². The lowest BCUT2D eigenvalue weighted by Gasteiger charge is -2.28. The highest BCUT2D eigenvalue weighted by atomic mass is 15.2. The summed E-state index contributed by atoms with van der Waals surface area (Å²) in [5, 5.41) is 7.95. The molecule has 1 aliphatic carbocycles. The lowest BCUT2D eigenvalue weighted by Crippen LogP contribution is -2.29. The van der Waals surface area contributed by atoms with Crippen molar-refractivity contribution in [2.24, 2.45) is 13.0 Å². The first-order chi connectivity index (χ1) is 7.65. The molecule has 0 bridgehead atoms. The Morgan fingerprint density at radius 3 is 2.81 bits per heavy atom. The van der Waals surface area contributed by atoms with Crippen LogP contribution in [0, 0.1) is 12.8 Å². The highest BCUT2D eigenvalue weighted by Crippen LogP contribution is 2.30. The molecule has 0 saturated heterocycles. The molecular formula is C13H23N3. The van der Waals surface area contributed by atoms with Crippen LogP contribution < -0.4 is 5.32 Å². The molecular weight excluding hydrogens is 198 g/mol. The summed E-state index contributed by atoms with van der Waals surface area (Å²) in [4.78, 5) is 0. The normalized spacial score (nSPS) is 18.4. The number of nitrogens with zero attached hydrogens (tertiary/aromatic N) is 2. The smallest absolute Gasteiger partial charge is 0.0638 e. The summed E-state index contributed by atoms with van der Waals surface area (Å²) in [6.07, 6.45) is 7.77. The number of aryl methyl sites for hydroxylation is 2. The van der Waals surface area contributed by atoms with Gasteiger partial charge in [-0.25, -0.2) is 0 Å². The van der Waals surface area contributed by atoms with Gasteiger partial charge in [-0.2, -0.15) is 5.10 Å². The third-order valence-electron chi connectivity index (χ3n) is 3.67. The van der Waals surface area contributed by atoms with Gasteiger partial charge >= 0.3 is 0 Å². The molecule has 16 heavy (non-hydrogen) atoms. The van der Waals surface area contributed by atoms with Crippen LogP contribution in [-0.2, 0) is 13.6 Å². The maximum atomic E-state index is 4.35. The number of nitrogens with one attached hydrogen (secondary N) is 1. The molecule has 0 aliphatic heterocycles. The molecule has 1 aliphatic rings. The van der Waals surface area contributed by atoms with Crippen LogP contribution in [-0.4, -0.2) is 15.8 Å². The Labute approximate surface area is 98.2 Å². The third kappa shape index (κ3) is 2.85. The highest BCUT2D eigenvalue weighted by Gasteiger charge is 2.19. The van der Waals surface area contributed by atoms with E-state index in [1.807, 2.05) is 11.7 Å². The van der Waals surface area contributed by atoms with Gasteiger partial charge in [-0.15, -0.1) is 0 Å². The molecule has 1 heterocycles. The number of rotatable bonds is 5. The molecule has 1 aromatic heterocycles. The second kappa shape index (κ2) is 5.00. The minimum absolute atomic E-state index is 0.630. The SMILES string of the molecule is Cc1nn(C)cc1CNC(C)CC1CCC1. The predicted octanol–water partition coefficient (Wildman–Crippen LogP) is 2.40. The van der Waals surface area contributed by atoms with Crippen LogP contribution in [0.25, 0.3) is 0 Å². The zero-order chi connectivity index (χ0) is 11.5. The van der Waals surface area contributed by atoms with Crippen molar-refractivity contribution in [2.75, 3.05) is 0 Å². The standard InChI is InChI=1S/C13H23N3/c1-10(7-12-5-4-6-12)14-8-13-9-16(3)15-11(13)2/h9-10,12,14H,4-8H2,1-3H3. The van der Waals surface area contributed by atoms with Gasteiger partial charge in [0.1, 0.15) is 0 Å². The molecule has 1 aromatic rings. The largest absolute Gasteiger partial charge is 0.310 e. The maximum absolute atomic E-state index is 4.35. The molecule has 3 heteroatoms. The number of hydrogen-bond acceptors (Lipinski definition) is 2. The van der Waals surface area contributed by atoms with E-state index in [1.54, 1.807) is 0 Å². The quantitative estimate of drug-likeness (QED) is 0.827. The van der Waals surface area contributed by atoms with Gasteiger partial charge in [-0.1, -0.05) is 19.3 Å². The molecule has 0 spiro atoms. The third-order valence-corrected chi connectivity index (χ3v) is 3.67. The molecule has 1 unspecified atom stereocenters. The summed E-state index contributed by atoms with van der Waals surface area (Å²) in [5.74, 6) is 0.984. The average Bonchev–Trinajstić information content (AvgIpc) is 2.48. The van der Waals surface area contributed by atoms with Gasteiger partial charge in [0.05, 0.1) is 5.69 Å². The summed E-state index contributed by atoms with van der Waals surface area (Å²) < 4.78 is 1.89. The van der Waals surface area contributed by atoms with E-state index in [1.165, 1.54) is 31.2 Å². The minimum Gasteiger partial charge on any atom is -0.310 e.